The van der Waals surface area contributed by atoms with Crippen molar-refractivity contribution in [3.05, 3.63) is 46.6 Å². The van der Waals surface area contributed by atoms with Crippen LogP contribution in [-0.2, 0) is 13.0 Å². The van der Waals surface area contributed by atoms with Crippen LogP contribution in [0.25, 0.3) is 0 Å². The lowest BCUT2D eigenvalue weighted by molar-refractivity contribution is 0.102. The Morgan fingerprint density at radius 2 is 2.14 bits per heavy atom. The van der Waals surface area contributed by atoms with Crippen LogP contribution < -0.4 is 10.6 Å². The number of aromatic amines is 1. The van der Waals surface area contributed by atoms with Gasteiger partial charge >= 0.3 is 0 Å². The molecule has 5 heteroatoms. The quantitative estimate of drug-likeness (QED) is 0.810. The van der Waals surface area contributed by atoms with E-state index in [1.165, 1.54) is 11.1 Å². The Morgan fingerprint density at radius 3 is 2.90 bits per heavy atom. The number of nitrogens with one attached hydrogen (secondary N) is 3. The molecule has 3 rings (SSSR count). The SMILES string of the molecule is CC(C)c1cc(NC(=O)c2ccc3c(c2)CNCC3)n[nH]1. The normalized spacial score (nSPS) is 14.0. The van der Waals surface area contributed by atoms with Crippen molar-refractivity contribution >= 4 is 11.7 Å². The van der Waals surface area contributed by atoms with E-state index in [0.717, 1.165) is 25.2 Å². The lowest BCUT2D eigenvalue weighted by atomic mass is 9.98. The zero-order valence-corrected chi connectivity index (χ0v) is 12.4. The topological polar surface area (TPSA) is 69.8 Å². The van der Waals surface area contributed by atoms with Gasteiger partial charge in [-0.2, -0.15) is 5.10 Å². The van der Waals surface area contributed by atoms with Gasteiger partial charge in [-0.25, -0.2) is 0 Å². The van der Waals surface area contributed by atoms with E-state index in [1.54, 1.807) is 0 Å². The number of H-pyrrole nitrogens is 1. The Morgan fingerprint density at radius 1 is 1.29 bits per heavy atom. The van der Waals surface area contributed by atoms with Crippen LogP contribution >= 0.6 is 0 Å². The minimum atomic E-state index is -0.120. The summed E-state index contributed by atoms with van der Waals surface area (Å²) in [4.78, 5) is 12.3. The van der Waals surface area contributed by atoms with E-state index >= 15 is 0 Å². The van der Waals surface area contributed by atoms with Gasteiger partial charge in [0.05, 0.1) is 0 Å². The van der Waals surface area contributed by atoms with Crippen molar-refractivity contribution < 1.29 is 4.79 Å². The van der Waals surface area contributed by atoms with Gasteiger partial charge in [0.15, 0.2) is 5.82 Å². The third kappa shape index (κ3) is 2.97. The average molecular weight is 284 g/mol. The fourth-order valence-electron chi connectivity index (χ4n) is 2.51. The first kappa shape index (κ1) is 13.8. The number of fused-ring (bicyclic) bond motifs is 1. The zero-order valence-electron chi connectivity index (χ0n) is 12.4. The molecular formula is C16H20N4O. The van der Waals surface area contributed by atoms with E-state index in [0.29, 0.717) is 17.3 Å². The first-order valence-corrected chi connectivity index (χ1v) is 7.32. The number of aromatic nitrogens is 2. The molecule has 0 bridgehead atoms. The minimum absolute atomic E-state index is 0.120. The summed E-state index contributed by atoms with van der Waals surface area (Å²) in [5.74, 6) is 0.808. The highest BCUT2D eigenvalue weighted by Gasteiger charge is 2.14. The summed E-state index contributed by atoms with van der Waals surface area (Å²) in [6, 6.07) is 7.78. The highest BCUT2D eigenvalue weighted by molar-refractivity contribution is 6.03. The number of hydrogen-bond donors (Lipinski definition) is 3. The Balaban J connectivity index is 1.75. The second-order valence-electron chi connectivity index (χ2n) is 5.73. The minimum Gasteiger partial charge on any atom is -0.312 e. The van der Waals surface area contributed by atoms with Gasteiger partial charge < -0.3 is 10.6 Å². The maximum Gasteiger partial charge on any atom is 0.256 e. The molecule has 5 nitrogen and oxygen atoms in total. The fraction of sp³-hybridized carbons (Fsp3) is 0.375. The molecule has 2 aromatic rings. The molecule has 0 atom stereocenters. The van der Waals surface area contributed by atoms with Gasteiger partial charge in [0.1, 0.15) is 0 Å². The molecule has 1 aliphatic rings. The van der Waals surface area contributed by atoms with Crippen molar-refractivity contribution in [3.8, 4) is 0 Å². The molecule has 110 valence electrons. The first-order valence-electron chi connectivity index (χ1n) is 7.32. The number of rotatable bonds is 3. The molecule has 2 heterocycles. The summed E-state index contributed by atoms with van der Waals surface area (Å²) in [6.45, 7) is 5.99. The molecular weight excluding hydrogens is 264 g/mol. The van der Waals surface area contributed by atoms with Gasteiger partial charge in [-0.3, -0.25) is 9.89 Å². The highest BCUT2D eigenvalue weighted by Crippen LogP contribution is 2.18. The largest absolute Gasteiger partial charge is 0.312 e. The van der Waals surface area contributed by atoms with E-state index in [4.69, 9.17) is 0 Å². The van der Waals surface area contributed by atoms with Gasteiger partial charge in [-0.1, -0.05) is 19.9 Å². The van der Waals surface area contributed by atoms with Gasteiger partial charge in [0.2, 0.25) is 0 Å². The molecule has 0 aliphatic carbocycles. The van der Waals surface area contributed by atoms with Crippen LogP contribution in [0, 0.1) is 0 Å². The van der Waals surface area contributed by atoms with E-state index in [2.05, 4.69) is 40.7 Å². The van der Waals surface area contributed by atoms with E-state index < -0.39 is 0 Å². The van der Waals surface area contributed by atoms with Crippen LogP contribution in [0.4, 0.5) is 5.82 Å². The maximum atomic E-state index is 12.3. The summed E-state index contributed by atoms with van der Waals surface area (Å²) < 4.78 is 0. The Labute approximate surface area is 124 Å². The second-order valence-corrected chi connectivity index (χ2v) is 5.73. The molecule has 1 aromatic heterocycles. The standard InChI is InChI=1S/C16H20N4O/c1-10(2)14-8-15(20-19-14)18-16(21)12-4-3-11-5-6-17-9-13(11)7-12/h3-4,7-8,10,17H,5-6,9H2,1-2H3,(H2,18,19,20,21). The first-order chi connectivity index (χ1) is 10.1. The van der Waals surface area contributed by atoms with Crippen molar-refractivity contribution in [2.45, 2.75) is 32.7 Å². The van der Waals surface area contributed by atoms with Crippen LogP contribution in [0.1, 0.15) is 46.9 Å². The number of hydrogen-bond acceptors (Lipinski definition) is 3. The summed E-state index contributed by atoms with van der Waals surface area (Å²) in [5, 5.41) is 13.2. The fourth-order valence-corrected chi connectivity index (χ4v) is 2.51. The zero-order chi connectivity index (χ0) is 14.8. The Bertz CT molecular complexity index is 660. The van der Waals surface area contributed by atoms with E-state index in [9.17, 15) is 4.79 Å². The number of nitrogens with zero attached hydrogens (tertiary/aromatic N) is 1. The van der Waals surface area contributed by atoms with Gasteiger partial charge in [0, 0.05) is 23.9 Å². The molecule has 3 N–H and O–H groups in total. The third-order valence-corrected chi connectivity index (χ3v) is 3.82. The van der Waals surface area contributed by atoms with Crippen LogP contribution in [0.15, 0.2) is 24.3 Å². The van der Waals surface area contributed by atoms with E-state index in [1.807, 2.05) is 18.2 Å². The maximum absolute atomic E-state index is 12.3. The Hall–Kier alpha value is -2.14. The molecule has 0 saturated carbocycles. The molecule has 0 spiro atoms. The molecule has 0 fully saturated rings. The summed E-state index contributed by atoms with van der Waals surface area (Å²) in [7, 11) is 0. The van der Waals surface area contributed by atoms with Crippen LogP contribution in [0.2, 0.25) is 0 Å². The third-order valence-electron chi connectivity index (χ3n) is 3.82. The smallest absolute Gasteiger partial charge is 0.256 e. The molecule has 0 saturated heterocycles. The molecule has 1 amide bonds. The van der Waals surface area contributed by atoms with Crippen LogP contribution in [0.3, 0.4) is 0 Å². The number of amides is 1. The highest BCUT2D eigenvalue weighted by atomic mass is 16.1. The van der Waals surface area contributed by atoms with Crippen molar-refractivity contribution in [1.29, 1.82) is 0 Å². The van der Waals surface area contributed by atoms with E-state index in [-0.39, 0.29) is 5.91 Å². The van der Waals surface area contributed by atoms with Gasteiger partial charge in [0.25, 0.3) is 5.91 Å². The molecule has 1 aliphatic heterocycles. The van der Waals surface area contributed by atoms with Crippen molar-refractivity contribution in [1.82, 2.24) is 15.5 Å². The summed E-state index contributed by atoms with van der Waals surface area (Å²) >= 11 is 0. The number of carbonyl (C=O) groups is 1. The van der Waals surface area contributed by atoms with Crippen LogP contribution in [-0.4, -0.2) is 22.6 Å². The van der Waals surface area contributed by atoms with Crippen molar-refractivity contribution in [2.75, 3.05) is 11.9 Å². The average Bonchev–Trinajstić information content (AvgIpc) is 2.95. The number of carbonyl (C=O) groups excluding carboxylic acids is 1. The van der Waals surface area contributed by atoms with Gasteiger partial charge in [-0.15, -0.1) is 0 Å². The van der Waals surface area contributed by atoms with Gasteiger partial charge in [-0.05, 0) is 42.1 Å². The summed E-state index contributed by atoms with van der Waals surface area (Å²) in [6.07, 6.45) is 1.02. The Kier molecular flexibility index (Phi) is 3.75. The molecule has 1 aromatic carbocycles. The second kappa shape index (κ2) is 5.69. The molecule has 0 radical (unpaired) electrons. The molecule has 0 unspecified atom stereocenters. The summed E-state index contributed by atoms with van der Waals surface area (Å²) in [5.41, 5.74) is 4.22. The van der Waals surface area contributed by atoms with Crippen molar-refractivity contribution in [3.63, 3.8) is 0 Å². The predicted molar refractivity (Wildman–Crippen MR) is 82.5 cm³/mol. The predicted octanol–water partition coefficient (Wildman–Crippen LogP) is 2.43. The molecule has 21 heavy (non-hydrogen) atoms. The van der Waals surface area contributed by atoms with Crippen LogP contribution in [0.5, 0.6) is 0 Å². The monoisotopic (exact) mass is 284 g/mol. The van der Waals surface area contributed by atoms with Crippen molar-refractivity contribution in [2.24, 2.45) is 0 Å². The lowest BCUT2D eigenvalue weighted by Crippen LogP contribution is -2.24. The lowest BCUT2D eigenvalue weighted by Gasteiger charge is -2.17. The number of benzene rings is 1. The number of anilines is 1.